The fourth-order valence-corrected chi connectivity index (χ4v) is 2.51. The van der Waals surface area contributed by atoms with Gasteiger partial charge >= 0.3 is 0 Å². The van der Waals surface area contributed by atoms with Crippen molar-refractivity contribution in [2.24, 2.45) is 0 Å². The van der Waals surface area contributed by atoms with Gasteiger partial charge in [-0.2, -0.15) is 0 Å². The van der Waals surface area contributed by atoms with Crippen molar-refractivity contribution >= 4 is 0 Å². The third-order valence-corrected chi connectivity index (χ3v) is 3.12. The Morgan fingerprint density at radius 1 is 1.17 bits per heavy atom. The summed E-state index contributed by atoms with van der Waals surface area (Å²) in [5.41, 5.74) is 1.52. The number of benzene rings is 1. The highest BCUT2D eigenvalue weighted by atomic mass is 15.4. The van der Waals surface area contributed by atoms with Gasteiger partial charge in [0, 0.05) is 6.04 Å². The van der Waals surface area contributed by atoms with E-state index in [1.54, 1.807) is 0 Å². The van der Waals surface area contributed by atoms with E-state index in [1.165, 1.54) is 24.9 Å². The lowest BCUT2D eigenvalue weighted by atomic mass is 10.1. The molecule has 3 atom stereocenters. The minimum Gasteiger partial charge on any atom is -0.290 e. The van der Waals surface area contributed by atoms with E-state index in [-0.39, 0.29) is 0 Å². The van der Waals surface area contributed by atoms with Crippen molar-refractivity contribution in [2.75, 3.05) is 6.54 Å². The molecule has 0 spiro atoms. The van der Waals surface area contributed by atoms with Crippen LogP contribution in [0.15, 0.2) is 30.3 Å². The monoisotopic (exact) mass is 159 g/mol. The first kappa shape index (κ1) is 6.67. The number of piperidine rings is 1. The summed E-state index contributed by atoms with van der Waals surface area (Å²) in [6.07, 6.45) is 2.83. The smallest absolute Gasteiger partial charge is 0.0507 e. The Morgan fingerprint density at radius 3 is 2.67 bits per heavy atom. The second-order valence-corrected chi connectivity index (χ2v) is 3.80. The van der Waals surface area contributed by atoms with Crippen LogP contribution >= 0.6 is 0 Å². The Morgan fingerprint density at radius 2 is 2.00 bits per heavy atom. The first-order valence-electron chi connectivity index (χ1n) is 4.77. The quantitative estimate of drug-likeness (QED) is 0.568. The number of hydrogen-bond acceptors (Lipinski definition) is 1. The standard InChI is InChI=1S/C11H13N/c1-2-5-9(6-3-1)11-10-7-4-8-12(10)11/h1-3,5-6,10-11H,4,7-8H2/t10-,11+,12?/m1/s1. The van der Waals surface area contributed by atoms with Crippen LogP contribution in [0.1, 0.15) is 24.4 Å². The number of hydrogen-bond donors (Lipinski definition) is 0. The molecule has 1 unspecified atom stereocenters. The Kier molecular flexibility index (Phi) is 1.30. The average molecular weight is 159 g/mol. The van der Waals surface area contributed by atoms with E-state index < -0.39 is 0 Å². The highest BCUT2D eigenvalue weighted by molar-refractivity contribution is 5.27. The maximum atomic E-state index is 2.61. The summed E-state index contributed by atoms with van der Waals surface area (Å²) in [6.45, 7) is 1.32. The fourth-order valence-electron chi connectivity index (χ4n) is 2.51. The molecule has 0 aromatic heterocycles. The van der Waals surface area contributed by atoms with E-state index in [0.29, 0.717) is 0 Å². The maximum absolute atomic E-state index is 2.61. The Hall–Kier alpha value is -0.820. The Bertz CT molecular complexity index is 270. The molecule has 2 aliphatic rings. The van der Waals surface area contributed by atoms with Crippen LogP contribution in [-0.4, -0.2) is 17.5 Å². The molecule has 62 valence electrons. The number of fused-ring (bicyclic) bond motifs is 1. The molecule has 2 heterocycles. The van der Waals surface area contributed by atoms with Crippen molar-refractivity contribution in [3.05, 3.63) is 35.9 Å². The Balaban J connectivity index is 1.85. The van der Waals surface area contributed by atoms with Crippen LogP contribution in [0.3, 0.4) is 0 Å². The summed E-state index contributed by atoms with van der Waals surface area (Å²) in [4.78, 5) is 2.61. The normalized spacial score (nSPS) is 37.8. The van der Waals surface area contributed by atoms with Gasteiger partial charge in [-0.25, -0.2) is 0 Å². The largest absolute Gasteiger partial charge is 0.290 e. The van der Waals surface area contributed by atoms with Crippen molar-refractivity contribution in [1.29, 1.82) is 0 Å². The minimum atomic E-state index is 0.778. The molecule has 0 N–H and O–H groups in total. The summed E-state index contributed by atoms with van der Waals surface area (Å²) in [5, 5.41) is 0. The topological polar surface area (TPSA) is 3.01 Å². The van der Waals surface area contributed by atoms with Gasteiger partial charge in [0.15, 0.2) is 0 Å². The lowest BCUT2D eigenvalue weighted by Crippen LogP contribution is -1.96. The SMILES string of the molecule is c1ccc([C@H]2[C@H]3CCCN32)cc1. The van der Waals surface area contributed by atoms with Crippen LogP contribution in [0.2, 0.25) is 0 Å². The van der Waals surface area contributed by atoms with E-state index in [1.807, 2.05) is 0 Å². The average Bonchev–Trinajstić information content (AvgIpc) is 2.62. The summed E-state index contributed by atoms with van der Waals surface area (Å²) in [7, 11) is 0. The summed E-state index contributed by atoms with van der Waals surface area (Å²) in [6, 6.07) is 12.6. The van der Waals surface area contributed by atoms with Crippen LogP contribution < -0.4 is 0 Å². The third kappa shape index (κ3) is 0.831. The van der Waals surface area contributed by atoms with E-state index in [2.05, 4.69) is 35.2 Å². The van der Waals surface area contributed by atoms with E-state index in [0.717, 1.165) is 12.1 Å². The second kappa shape index (κ2) is 2.33. The fraction of sp³-hybridized carbons (Fsp3) is 0.455. The summed E-state index contributed by atoms with van der Waals surface area (Å²) >= 11 is 0. The molecular weight excluding hydrogens is 146 g/mol. The molecule has 1 nitrogen and oxygen atoms in total. The van der Waals surface area contributed by atoms with Gasteiger partial charge in [-0.1, -0.05) is 30.3 Å². The van der Waals surface area contributed by atoms with Crippen molar-refractivity contribution in [3.8, 4) is 0 Å². The highest BCUT2D eigenvalue weighted by Crippen LogP contribution is 2.49. The molecule has 2 saturated heterocycles. The Labute approximate surface area is 73.0 Å². The van der Waals surface area contributed by atoms with Gasteiger partial charge in [0.1, 0.15) is 0 Å². The number of nitrogens with zero attached hydrogens (tertiary/aromatic N) is 1. The van der Waals surface area contributed by atoms with Gasteiger partial charge < -0.3 is 0 Å². The zero-order valence-corrected chi connectivity index (χ0v) is 7.11. The molecule has 1 aromatic carbocycles. The predicted molar refractivity (Wildman–Crippen MR) is 48.9 cm³/mol. The summed E-state index contributed by atoms with van der Waals surface area (Å²) < 4.78 is 0. The maximum Gasteiger partial charge on any atom is 0.0507 e. The molecule has 0 radical (unpaired) electrons. The zero-order valence-electron chi connectivity index (χ0n) is 7.11. The van der Waals surface area contributed by atoms with Gasteiger partial charge in [-0.15, -0.1) is 0 Å². The van der Waals surface area contributed by atoms with Gasteiger partial charge in [0.25, 0.3) is 0 Å². The van der Waals surface area contributed by atoms with Gasteiger partial charge in [-0.3, -0.25) is 4.90 Å². The van der Waals surface area contributed by atoms with Crippen LogP contribution in [0.4, 0.5) is 0 Å². The molecule has 0 bridgehead atoms. The molecule has 1 heteroatoms. The van der Waals surface area contributed by atoms with Crippen molar-refractivity contribution < 1.29 is 0 Å². The first-order valence-corrected chi connectivity index (χ1v) is 4.77. The van der Waals surface area contributed by atoms with Crippen LogP contribution in [-0.2, 0) is 0 Å². The molecule has 0 aliphatic carbocycles. The van der Waals surface area contributed by atoms with E-state index >= 15 is 0 Å². The first-order chi connectivity index (χ1) is 5.97. The molecule has 0 amide bonds. The van der Waals surface area contributed by atoms with Crippen LogP contribution in [0.25, 0.3) is 0 Å². The minimum absolute atomic E-state index is 0.778. The molecule has 2 fully saturated rings. The zero-order chi connectivity index (χ0) is 7.97. The van der Waals surface area contributed by atoms with Gasteiger partial charge in [0.2, 0.25) is 0 Å². The van der Waals surface area contributed by atoms with Gasteiger partial charge in [0.05, 0.1) is 6.04 Å². The molecule has 0 saturated carbocycles. The van der Waals surface area contributed by atoms with Crippen molar-refractivity contribution in [1.82, 2.24) is 4.90 Å². The van der Waals surface area contributed by atoms with Crippen molar-refractivity contribution in [3.63, 3.8) is 0 Å². The summed E-state index contributed by atoms with van der Waals surface area (Å²) in [5.74, 6) is 0. The predicted octanol–water partition coefficient (Wildman–Crippen LogP) is 2.21. The van der Waals surface area contributed by atoms with Crippen molar-refractivity contribution in [2.45, 2.75) is 24.9 Å². The molecule has 12 heavy (non-hydrogen) atoms. The molecule has 3 rings (SSSR count). The molecular formula is C11H13N. The molecule has 1 aromatic rings. The van der Waals surface area contributed by atoms with E-state index in [4.69, 9.17) is 0 Å². The van der Waals surface area contributed by atoms with Crippen LogP contribution in [0, 0.1) is 0 Å². The van der Waals surface area contributed by atoms with Crippen LogP contribution in [0.5, 0.6) is 0 Å². The highest BCUT2D eigenvalue weighted by Gasteiger charge is 2.50. The van der Waals surface area contributed by atoms with E-state index in [9.17, 15) is 0 Å². The van der Waals surface area contributed by atoms with Gasteiger partial charge in [-0.05, 0) is 24.9 Å². The third-order valence-electron chi connectivity index (χ3n) is 3.12. The lowest BCUT2D eigenvalue weighted by Gasteiger charge is -2.01. The second-order valence-electron chi connectivity index (χ2n) is 3.80. The number of rotatable bonds is 1. The molecule has 2 aliphatic heterocycles. The lowest BCUT2D eigenvalue weighted by molar-refractivity contribution is 0.541.